The van der Waals surface area contributed by atoms with Crippen LogP contribution >= 0.6 is 27.5 Å². The van der Waals surface area contributed by atoms with Crippen molar-refractivity contribution in [3.8, 4) is 17.7 Å². The molecule has 1 aromatic heterocycles. The molecule has 0 amide bonds. The van der Waals surface area contributed by atoms with Crippen LogP contribution in [0.5, 0.6) is 11.6 Å². The minimum Gasteiger partial charge on any atom is -0.437 e. The molecule has 1 aromatic carbocycles. The molecule has 0 aliphatic heterocycles. The predicted molar refractivity (Wildman–Crippen MR) is 82.3 cm³/mol. The van der Waals surface area contributed by atoms with Gasteiger partial charge in [-0.2, -0.15) is 5.26 Å². The average molecular weight is 352 g/mol. The number of benzene rings is 1. The van der Waals surface area contributed by atoms with Gasteiger partial charge in [0.05, 0.1) is 5.56 Å². The molecular formula is C15H12BrClN2O. The van der Waals surface area contributed by atoms with E-state index in [-0.39, 0.29) is 10.9 Å². The van der Waals surface area contributed by atoms with Gasteiger partial charge in [0.15, 0.2) is 0 Å². The van der Waals surface area contributed by atoms with Crippen molar-refractivity contribution in [1.82, 2.24) is 4.98 Å². The fourth-order valence-electron chi connectivity index (χ4n) is 1.75. The summed E-state index contributed by atoms with van der Waals surface area (Å²) in [6.45, 7) is 4.16. The molecule has 0 radical (unpaired) electrons. The zero-order chi connectivity index (χ0) is 14.7. The van der Waals surface area contributed by atoms with Gasteiger partial charge in [-0.25, -0.2) is 4.98 Å². The molecule has 102 valence electrons. The number of ether oxygens (including phenoxy) is 1. The number of hydrogen-bond acceptors (Lipinski definition) is 3. The Morgan fingerprint density at radius 3 is 2.75 bits per heavy atom. The van der Waals surface area contributed by atoms with Crippen molar-refractivity contribution in [3.63, 3.8) is 0 Å². The van der Waals surface area contributed by atoms with Gasteiger partial charge >= 0.3 is 0 Å². The molecule has 3 nitrogen and oxygen atoms in total. The molecule has 0 spiro atoms. The molecule has 0 N–H and O–H groups in total. The van der Waals surface area contributed by atoms with Crippen molar-refractivity contribution < 1.29 is 4.74 Å². The second-order valence-corrected chi connectivity index (χ2v) is 5.82. The molecule has 0 aliphatic carbocycles. The lowest BCUT2D eigenvalue weighted by Crippen LogP contribution is -1.96. The quantitative estimate of drug-likeness (QED) is 0.755. The van der Waals surface area contributed by atoms with Crippen LogP contribution in [-0.2, 0) is 0 Å². The second kappa shape index (κ2) is 6.25. The molecule has 0 atom stereocenters. The van der Waals surface area contributed by atoms with Crippen molar-refractivity contribution in [2.75, 3.05) is 0 Å². The van der Waals surface area contributed by atoms with Crippen LogP contribution in [0.15, 0.2) is 34.9 Å². The topological polar surface area (TPSA) is 45.9 Å². The smallest absolute Gasteiger partial charge is 0.239 e. The first-order valence-electron chi connectivity index (χ1n) is 6.05. The molecule has 0 saturated carbocycles. The Bertz CT molecular complexity index is 680. The Hall–Kier alpha value is -1.57. The Morgan fingerprint density at radius 1 is 1.35 bits per heavy atom. The highest BCUT2D eigenvalue weighted by Crippen LogP contribution is 2.35. The Morgan fingerprint density at radius 2 is 2.10 bits per heavy atom. The van der Waals surface area contributed by atoms with Crippen molar-refractivity contribution in [2.45, 2.75) is 19.8 Å². The van der Waals surface area contributed by atoms with Gasteiger partial charge in [-0.15, -0.1) is 0 Å². The lowest BCUT2D eigenvalue weighted by Gasteiger charge is -2.14. The summed E-state index contributed by atoms with van der Waals surface area (Å²) in [6, 6.07) is 9.32. The van der Waals surface area contributed by atoms with Gasteiger partial charge < -0.3 is 4.74 Å². The van der Waals surface area contributed by atoms with E-state index in [1.807, 2.05) is 24.3 Å². The molecule has 5 heteroatoms. The number of aromatic nitrogens is 1. The molecule has 2 rings (SSSR count). The monoisotopic (exact) mass is 350 g/mol. The van der Waals surface area contributed by atoms with E-state index in [4.69, 9.17) is 21.6 Å². The number of nitriles is 1. The van der Waals surface area contributed by atoms with Crippen LogP contribution in [0.3, 0.4) is 0 Å². The maximum absolute atomic E-state index is 8.96. The van der Waals surface area contributed by atoms with Gasteiger partial charge in [0, 0.05) is 10.7 Å². The maximum Gasteiger partial charge on any atom is 0.239 e. The molecule has 0 unspecified atom stereocenters. The van der Waals surface area contributed by atoms with Gasteiger partial charge in [-0.05, 0) is 35.7 Å². The van der Waals surface area contributed by atoms with Crippen molar-refractivity contribution in [3.05, 3.63) is 51.1 Å². The number of halogens is 2. The number of pyridine rings is 1. The van der Waals surface area contributed by atoms with Crippen molar-refractivity contribution >= 4 is 27.5 Å². The molecule has 20 heavy (non-hydrogen) atoms. The molecule has 0 aliphatic rings. The summed E-state index contributed by atoms with van der Waals surface area (Å²) >= 11 is 9.55. The maximum atomic E-state index is 8.96. The molecule has 0 fully saturated rings. The van der Waals surface area contributed by atoms with Crippen LogP contribution in [0.4, 0.5) is 0 Å². The molecular weight excluding hydrogens is 340 g/mol. The van der Waals surface area contributed by atoms with E-state index < -0.39 is 0 Å². The van der Waals surface area contributed by atoms with E-state index >= 15 is 0 Å². The van der Waals surface area contributed by atoms with Crippen LogP contribution in [0.25, 0.3) is 0 Å². The van der Waals surface area contributed by atoms with E-state index in [1.54, 1.807) is 6.07 Å². The molecule has 0 bridgehead atoms. The fraction of sp³-hybridized carbons (Fsp3) is 0.200. The second-order valence-electron chi connectivity index (χ2n) is 4.53. The Kier molecular flexibility index (Phi) is 4.64. The summed E-state index contributed by atoms with van der Waals surface area (Å²) in [5.74, 6) is 1.23. The first-order valence-corrected chi connectivity index (χ1v) is 7.22. The fourth-order valence-corrected chi connectivity index (χ4v) is 2.32. The minimum absolute atomic E-state index is 0.229. The molecule has 0 saturated heterocycles. The minimum atomic E-state index is 0.229. The van der Waals surface area contributed by atoms with E-state index in [0.717, 1.165) is 10.0 Å². The summed E-state index contributed by atoms with van der Waals surface area (Å²) in [4.78, 5) is 4.09. The third-order valence-electron chi connectivity index (χ3n) is 2.78. The van der Waals surface area contributed by atoms with E-state index in [0.29, 0.717) is 17.2 Å². The molecule has 1 heterocycles. The Balaban J connectivity index is 2.43. The Labute approximate surface area is 131 Å². The number of hydrogen-bond donors (Lipinski definition) is 0. The number of rotatable bonds is 3. The van der Waals surface area contributed by atoms with Gasteiger partial charge in [0.25, 0.3) is 0 Å². The summed E-state index contributed by atoms with van der Waals surface area (Å²) < 4.78 is 6.77. The SMILES string of the molecule is CC(C)c1cc(Br)ccc1Oc1nccc(C#N)c1Cl. The normalized spacial score (nSPS) is 10.4. The van der Waals surface area contributed by atoms with E-state index in [1.165, 1.54) is 6.20 Å². The van der Waals surface area contributed by atoms with E-state index in [9.17, 15) is 0 Å². The van der Waals surface area contributed by atoms with Gasteiger partial charge in [0.2, 0.25) is 5.88 Å². The predicted octanol–water partition coefficient (Wildman–Crippen LogP) is 5.28. The van der Waals surface area contributed by atoms with Gasteiger partial charge in [0.1, 0.15) is 16.8 Å². The number of nitrogens with zero attached hydrogens (tertiary/aromatic N) is 2. The van der Waals surface area contributed by atoms with E-state index in [2.05, 4.69) is 34.8 Å². The zero-order valence-electron chi connectivity index (χ0n) is 11.0. The average Bonchev–Trinajstić information content (AvgIpc) is 2.42. The van der Waals surface area contributed by atoms with Gasteiger partial charge in [-0.1, -0.05) is 41.4 Å². The summed E-state index contributed by atoms with van der Waals surface area (Å²) in [5, 5.41) is 9.19. The highest BCUT2D eigenvalue weighted by atomic mass is 79.9. The lowest BCUT2D eigenvalue weighted by molar-refractivity contribution is 0.454. The lowest BCUT2D eigenvalue weighted by atomic mass is 10.0. The van der Waals surface area contributed by atoms with Crippen molar-refractivity contribution in [2.24, 2.45) is 0 Å². The largest absolute Gasteiger partial charge is 0.437 e. The summed E-state index contributed by atoms with van der Waals surface area (Å²) in [6.07, 6.45) is 1.51. The standard InChI is InChI=1S/C15H12BrClN2O/c1-9(2)12-7-11(16)3-4-13(12)20-15-14(17)10(8-18)5-6-19-15/h3-7,9H,1-2H3. The molecule has 2 aromatic rings. The van der Waals surface area contributed by atoms with Crippen LogP contribution in [0, 0.1) is 11.3 Å². The highest BCUT2D eigenvalue weighted by molar-refractivity contribution is 9.10. The third kappa shape index (κ3) is 3.12. The van der Waals surface area contributed by atoms with Crippen LogP contribution < -0.4 is 4.74 Å². The van der Waals surface area contributed by atoms with Crippen LogP contribution in [-0.4, -0.2) is 4.98 Å². The van der Waals surface area contributed by atoms with Crippen LogP contribution in [0.1, 0.15) is 30.9 Å². The first-order chi connectivity index (χ1) is 9.52. The third-order valence-corrected chi connectivity index (χ3v) is 3.64. The van der Waals surface area contributed by atoms with Crippen molar-refractivity contribution in [1.29, 1.82) is 5.26 Å². The summed E-state index contributed by atoms with van der Waals surface area (Å²) in [7, 11) is 0. The van der Waals surface area contributed by atoms with Crippen LogP contribution in [0.2, 0.25) is 5.02 Å². The first kappa shape index (κ1) is 14.8. The summed E-state index contributed by atoms with van der Waals surface area (Å²) in [5.41, 5.74) is 1.39. The zero-order valence-corrected chi connectivity index (χ0v) is 13.4. The highest BCUT2D eigenvalue weighted by Gasteiger charge is 2.14. The van der Waals surface area contributed by atoms with Gasteiger partial charge in [-0.3, -0.25) is 0 Å².